The van der Waals surface area contributed by atoms with Crippen LogP contribution in [0.4, 0.5) is 0 Å². The van der Waals surface area contributed by atoms with Crippen molar-refractivity contribution in [2.24, 2.45) is 0 Å². The fourth-order valence-corrected chi connectivity index (χ4v) is 2.25. The lowest BCUT2D eigenvalue weighted by Crippen LogP contribution is -2.22. The van der Waals surface area contributed by atoms with Gasteiger partial charge in [0.2, 0.25) is 0 Å². The summed E-state index contributed by atoms with van der Waals surface area (Å²) in [4.78, 5) is 2.33. The monoisotopic (exact) mass is 205 g/mol. The maximum atomic E-state index is 9.46. The number of aryl methyl sites for hydroxylation is 1. The summed E-state index contributed by atoms with van der Waals surface area (Å²) in [6, 6.07) is 8.59. The second kappa shape index (κ2) is 4.77. The Morgan fingerprint density at radius 2 is 2.07 bits per heavy atom. The molecule has 0 amide bonds. The van der Waals surface area contributed by atoms with Crippen LogP contribution in [0.3, 0.4) is 0 Å². The molecular weight excluding hydrogens is 186 g/mol. The summed E-state index contributed by atoms with van der Waals surface area (Å²) < 4.78 is 0. The normalized spacial score (nSPS) is 22.1. The molecule has 0 aromatic heterocycles. The highest BCUT2D eigenvalue weighted by Gasteiger charge is 2.20. The Balaban J connectivity index is 2.04. The van der Waals surface area contributed by atoms with Gasteiger partial charge in [-0.3, -0.25) is 4.90 Å². The first-order valence-corrected chi connectivity index (χ1v) is 5.76. The molecule has 1 aliphatic rings. The molecule has 0 spiro atoms. The maximum Gasteiger partial charge on any atom is 0.0679 e. The molecule has 1 saturated heterocycles. The quantitative estimate of drug-likeness (QED) is 0.813. The molecule has 1 heterocycles. The topological polar surface area (TPSA) is 23.5 Å². The summed E-state index contributed by atoms with van der Waals surface area (Å²) in [7, 11) is 0. The van der Waals surface area contributed by atoms with Crippen molar-refractivity contribution in [2.75, 3.05) is 13.1 Å². The average Bonchev–Trinajstić information content (AvgIpc) is 2.65. The largest absolute Gasteiger partial charge is 0.392 e. The fourth-order valence-electron chi connectivity index (χ4n) is 2.25. The van der Waals surface area contributed by atoms with E-state index in [2.05, 4.69) is 36.1 Å². The van der Waals surface area contributed by atoms with Gasteiger partial charge in [0.1, 0.15) is 0 Å². The van der Waals surface area contributed by atoms with E-state index in [1.807, 2.05) is 0 Å². The first-order chi connectivity index (χ1) is 7.29. The minimum absolute atomic E-state index is 0.112. The summed E-state index contributed by atoms with van der Waals surface area (Å²) in [6.45, 7) is 5.04. The van der Waals surface area contributed by atoms with E-state index in [4.69, 9.17) is 0 Å². The van der Waals surface area contributed by atoms with Crippen LogP contribution >= 0.6 is 0 Å². The van der Waals surface area contributed by atoms with E-state index in [1.54, 1.807) is 0 Å². The molecule has 2 heteroatoms. The van der Waals surface area contributed by atoms with Crippen molar-refractivity contribution in [3.8, 4) is 0 Å². The number of rotatable bonds is 3. The molecule has 1 fully saturated rings. The molecule has 1 N–H and O–H groups in total. The van der Waals surface area contributed by atoms with E-state index in [-0.39, 0.29) is 6.10 Å². The molecule has 2 rings (SSSR count). The Morgan fingerprint density at radius 3 is 2.67 bits per heavy atom. The molecule has 1 aromatic rings. The minimum Gasteiger partial charge on any atom is -0.392 e. The first-order valence-electron chi connectivity index (χ1n) is 5.76. The molecule has 1 atom stereocenters. The van der Waals surface area contributed by atoms with E-state index in [9.17, 15) is 5.11 Å². The molecule has 0 aliphatic carbocycles. The highest BCUT2D eigenvalue weighted by molar-refractivity contribution is 5.27. The molecule has 0 unspecified atom stereocenters. The van der Waals surface area contributed by atoms with Gasteiger partial charge in [0.15, 0.2) is 0 Å². The van der Waals surface area contributed by atoms with Gasteiger partial charge in [0.25, 0.3) is 0 Å². The van der Waals surface area contributed by atoms with Gasteiger partial charge in [0, 0.05) is 19.6 Å². The van der Waals surface area contributed by atoms with Crippen LogP contribution < -0.4 is 0 Å². The van der Waals surface area contributed by atoms with Crippen molar-refractivity contribution in [1.82, 2.24) is 4.90 Å². The van der Waals surface area contributed by atoms with Gasteiger partial charge in [-0.05, 0) is 24.0 Å². The van der Waals surface area contributed by atoms with Crippen LogP contribution in [0, 0.1) is 0 Å². The molecule has 1 aliphatic heterocycles. The Bertz CT molecular complexity index is 324. The standard InChI is InChI=1S/C13H19NO/c1-2-11-5-3-4-6-12(11)9-14-8-7-13(15)10-14/h3-6,13,15H,2,7-10H2,1H3/t13-/m0/s1. The van der Waals surface area contributed by atoms with Gasteiger partial charge < -0.3 is 5.11 Å². The minimum atomic E-state index is -0.112. The van der Waals surface area contributed by atoms with E-state index < -0.39 is 0 Å². The van der Waals surface area contributed by atoms with Gasteiger partial charge in [-0.2, -0.15) is 0 Å². The van der Waals surface area contributed by atoms with Crippen molar-refractivity contribution >= 4 is 0 Å². The van der Waals surface area contributed by atoms with Crippen molar-refractivity contribution in [2.45, 2.75) is 32.4 Å². The molecule has 82 valence electrons. The smallest absolute Gasteiger partial charge is 0.0679 e. The Labute approximate surface area is 91.5 Å². The molecule has 0 saturated carbocycles. The molecule has 15 heavy (non-hydrogen) atoms. The van der Waals surface area contributed by atoms with Crippen molar-refractivity contribution in [3.63, 3.8) is 0 Å². The Morgan fingerprint density at radius 1 is 1.33 bits per heavy atom. The number of aliphatic hydroxyl groups excluding tert-OH is 1. The SMILES string of the molecule is CCc1ccccc1CN1CC[C@H](O)C1. The fraction of sp³-hybridized carbons (Fsp3) is 0.538. The highest BCUT2D eigenvalue weighted by atomic mass is 16.3. The van der Waals surface area contributed by atoms with E-state index in [0.717, 1.165) is 32.5 Å². The molecule has 0 bridgehead atoms. The lowest BCUT2D eigenvalue weighted by molar-refractivity contribution is 0.174. The van der Waals surface area contributed by atoms with Crippen molar-refractivity contribution < 1.29 is 5.11 Å². The third-order valence-electron chi connectivity index (χ3n) is 3.14. The van der Waals surface area contributed by atoms with Crippen molar-refractivity contribution in [3.05, 3.63) is 35.4 Å². The van der Waals surface area contributed by atoms with Gasteiger partial charge in [-0.15, -0.1) is 0 Å². The predicted octanol–water partition coefficient (Wildman–Crippen LogP) is 1.82. The molecule has 1 aromatic carbocycles. The van der Waals surface area contributed by atoms with Crippen LogP contribution in [0.1, 0.15) is 24.5 Å². The lowest BCUT2D eigenvalue weighted by atomic mass is 10.1. The van der Waals surface area contributed by atoms with Crippen LogP contribution in [0.15, 0.2) is 24.3 Å². The maximum absolute atomic E-state index is 9.46. The van der Waals surface area contributed by atoms with E-state index >= 15 is 0 Å². The summed E-state index contributed by atoms with van der Waals surface area (Å²) in [5.41, 5.74) is 2.84. The number of β-amino-alcohol motifs (C(OH)–C–C–N with tert-alkyl or cyclic N) is 1. The Hall–Kier alpha value is -0.860. The average molecular weight is 205 g/mol. The van der Waals surface area contributed by atoms with Gasteiger partial charge in [-0.25, -0.2) is 0 Å². The van der Waals surface area contributed by atoms with Gasteiger partial charge in [0.05, 0.1) is 6.10 Å². The number of aliphatic hydroxyl groups is 1. The third kappa shape index (κ3) is 2.58. The first kappa shape index (κ1) is 10.7. The van der Waals surface area contributed by atoms with Gasteiger partial charge >= 0.3 is 0 Å². The van der Waals surface area contributed by atoms with Crippen LogP contribution in [0.5, 0.6) is 0 Å². The zero-order valence-corrected chi connectivity index (χ0v) is 9.32. The number of nitrogens with zero attached hydrogens (tertiary/aromatic N) is 1. The molecular formula is C13H19NO. The van der Waals surface area contributed by atoms with Crippen LogP contribution in [-0.4, -0.2) is 29.2 Å². The molecule has 2 nitrogen and oxygen atoms in total. The summed E-state index contributed by atoms with van der Waals surface area (Å²) in [5, 5.41) is 9.46. The predicted molar refractivity (Wildman–Crippen MR) is 61.7 cm³/mol. The third-order valence-corrected chi connectivity index (χ3v) is 3.14. The Kier molecular flexibility index (Phi) is 3.39. The van der Waals surface area contributed by atoms with Crippen LogP contribution in [0.25, 0.3) is 0 Å². The van der Waals surface area contributed by atoms with Crippen LogP contribution in [-0.2, 0) is 13.0 Å². The number of benzene rings is 1. The number of hydrogen-bond acceptors (Lipinski definition) is 2. The number of hydrogen-bond donors (Lipinski definition) is 1. The summed E-state index contributed by atoms with van der Waals surface area (Å²) in [5.74, 6) is 0. The molecule has 0 radical (unpaired) electrons. The highest BCUT2D eigenvalue weighted by Crippen LogP contribution is 2.16. The zero-order chi connectivity index (χ0) is 10.7. The summed E-state index contributed by atoms with van der Waals surface area (Å²) >= 11 is 0. The second-order valence-corrected chi connectivity index (χ2v) is 4.30. The van der Waals surface area contributed by atoms with E-state index in [0.29, 0.717) is 0 Å². The second-order valence-electron chi connectivity index (χ2n) is 4.30. The number of likely N-dealkylation sites (tertiary alicyclic amines) is 1. The van der Waals surface area contributed by atoms with Crippen LogP contribution in [0.2, 0.25) is 0 Å². The zero-order valence-electron chi connectivity index (χ0n) is 9.32. The van der Waals surface area contributed by atoms with Gasteiger partial charge in [-0.1, -0.05) is 31.2 Å². The lowest BCUT2D eigenvalue weighted by Gasteiger charge is -2.17. The van der Waals surface area contributed by atoms with Crippen molar-refractivity contribution in [1.29, 1.82) is 0 Å². The summed E-state index contributed by atoms with van der Waals surface area (Å²) in [6.07, 6.45) is 1.90. The van der Waals surface area contributed by atoms with E-state index in [1.165, 1.54) is 11.1 Å².